The molecule has 0 fully saturated rings. The van der Waals surface area contributed by atoms with Crippen LogP contribution in [0.25, 0.3) is 0 Å². The third kappa shape index (κ3) is 2.76. The van der Waals surface area contributed by atoms with Gasteiger partial charge in [-0.25, -0.2) is 0 Å². The van der Waals surface area contributed by atoms with Gasteiger partial charge in [-0.05, 0) is 36.1 Å². The Kier molecular flexibility index (Phi) is 3.92. The normalized spacial score (nSPS) is 18.4. The van der Waals surface area contributed by atoms with Gasteiger partial charge in [0.05, 0.1) is 11.7 Å². The van der Waals surface area contributed by atoms with Crippen LogP contribution in [-0.4, -0.2) is 36.9 Å². The first-order chi connectivity index (χ1) is 12.1. The molecule has 0 bridgehead atoms. The van der Waals surface area contributed by atoms with Gasteiger partial charge in [-0.15, -0.1) is 0 Å². The summed E-state index contributed by atoms with van der Waals surface area (Å²) in [4.78, 5) is 28.4. The molecule has 1 atom stereocenters. The summed E-state index contributed by atoms with van der Waals surface area (Å²) in [7, 11) is 1.83. The van der Waals surface area contributed by atoms with Gasteiger partial charge < -0.3 is 9.64 Å². The molecule has 5 nitrogen and oxygen atoms in total. The minimum Gasteiger partial charge on any atom is -0.482 e. The highest BCUT2D eigenvalue weighted by atomic mass is 16.5. The SMILES string of the molecule is CN(C(=O)CN1C(=O)COc2ccccc21)[C@@H]1CCc2ccccc21. The third-order valence-corrected chi connectivity index (χ3v) is 5.06. The summed E-state index contributed by atoms with van der Waals surface area (Å²) < 4.78 is 5.44. The van der Waals surface area contributed by atoms with E-state index in [4.69, 9.17) is 4.74 Å². The molecule has 0 spiro atoms. The number of ether oxygens (including phenoxy) is 1. The molecule has 2 aliphatic rings. The molecule has 2 aromatic rings. The van der Waals surface area contributed by atoms with Gasteiger partial charge in [-0.1, -0.05) is 36.4 Å². The number of amides is 2. The number of benzene rings is 2. The highest BCUT2D eigenvalue weighted by Crippen LogP contribution is 2.36. The van der Waals surface area contributed by atoms with E-state index in [2.05, 4.69) is 12.1 Å². The number of aryl methyl sites for hydroxylation is 1. The molecule has 0 unspecified atom stereocenters. The maximum Gasteiger partial charge on any atom is 0.265 e. The highest BCUT2D eigenvalue weighted by Gasteiger charge is 2.32. The zero-order valence-electron chi connectivity index (χ0n) is 14.1. The summed E-state index contributed by atoms with van der Waals surface area (Å²) in [5.74, 6) is 0.391. The van der Waals surface area contributed by atoms with E-state index < -0.39 is 0 Å². The summed E-state index contributed by atoms with van der Waals surface area (Å²) in [6.07, 6.45) is 1.91. The molecular formula is C20H20N2O3. The summed E-state index contributed by atoms with van der Waals surface area (Å²) in [6.45, 7) is 0.00857. The van der Waals surface area contributed by atoms with Crippen LogP contribution < -0.4 is 9.64 Å². The van der Waals surface area contributed by atoms with E-state index in [1.807, 2.05) is 43.4 Å². The monoisotopic (exact) mass is 336 g/mol. The van der Waals surface area contributed by atoms with E-state index in [0.717, 1.165) is 12.8 Å². The molecule has 128 valence electrons. The third-order valence-electron chi connectivity index (χ3n) is 5.06. The fourth-order valence-corrected chi connectivity index (χ4v) is 3.68. The van der Waals surface area contributed by atoms with Crippen molar-refractivity contribution in [2.24, 2.45) is 0 Å². The van der Waals surface area contributed by atoms with Crippen LogP contribution in [0.1, 0.15) is 23.6 Å². The van der Waals surface area contributed by atoms with Crippen LogP contribution in [0.5, 0.6) is 5.75 Å². The van der Waals surface area contributed by atoms with Crippen LogP contribution in [0.2, 0.25) is 0 Å². The molecule has 0 radical (unpaired) electrons. The van der Waals surface area contributed by atoms with E-state index in [9.17, 15) is 9.59 Å². The van der Waals surface area contributed by atoms with Crippen molar-refractivity contribution in [3.8, 4) is 5.75 Å². The van der Waals surface area contributed by atoms with Crippen molar-refractivity contribution in [3.05, 3.63) is 59.7 Å². The number of para-hydroxylation sites is 2. The van der Waals surface area contributed by atoms with Crippen molar-refractivity contribution >= 4 is 17.5 Å². The van der Waals surface area contributed by atoms with E-state index in [-0.39, 0.29) is 31.0 Å². The van der Waals surface area contributed by atoms with Gasteiger partial charge in [-0.3, -0.25) is 14.5 Å². The van der Waals surface area contributed by atoms with Crippen LogP contribution in [0.15, 0.2) is 48.5 Å². The maximum absolute atomic E-state index is 12.9. The molecule has 1 aliphatic carbocycles. The van der Waals surface area contributed by atoms with Crippen LogP contribution in [0.4, 0.5) is 5.69 Å². The smallest absolute Gasteiger partial charge is 0.265 e. The molecule has 2 amide bonds. The Morgan fingerprint density at radius 2 is 1.96 bits per heavy atom. The largest absolute Gasteiger partial charge is 0.482 e. The molecule has 25 heavy (non-hydrogen) atoms. The second-order valence-corrected chi connectivity index (χ2v) is 6.49. The highest BCUT2D eigenvalue weighted by molar-refractivity contribution is 6.02. The van der Waals surface area contributed by atoms with Gasteiger partial charge >= 0.3 is 0 Å². The number of hydrogen-bond donors (Lipinski definition) is 0. The predicted octanol–water partition coefficient (Wildman–Crippen LogP) is 2.56. The lowest BCUT2D eigenvalue weighted by Gasteiger charge is -2.32. The van der Waals surface area contributed by atoms with Crippen molar-refractivity contribution < 1.29 is 14.3 Å². The number of carbonyl (C=O) groups excluding carboxylic acids is 2. The Morgan fingerprint density at radius 3 is 2.84 bits per heavy atom. The van der Waals surface area contributed by atoms with Gasteiger partial charge in [0.2, 0.25) is 5.91 Å². The average Bonchev–Trinajstić information content (AvgIpc) is 3.07. The zero-order chi connectivity index (χ0) is 17.4. The number of rotatable bonds is 3. The molecule has 5 heteroatoms. The first kappa shape index (κ1) is 15.7. The Bertz CT molecular complexity index is 833. The Labute approximate surface area is 146 Å². The minimum absolute atomic E-state index is 0.0275. The number of likely N-dealkylation sites (N-methyl/N-ethyl adjacent to an activating group) is 1. The molecule has 4 rings (SSSR count). The number of carbonyl (C=O) groups is 2. The number of fused-ring (bicyclic) bond motifs is 2. The van der Waals surface area contributed by atoms with Crippen molar-refractivity contribution in [2.75, 3.05) is 25.1 Å². The Morgan fingerprint density at radius 1 is 1.20 bits per heavy atom. The summed E-state index contributed by atoms with van der Waals surface area (Å²) in [6, 6.07) is 15.7. The number of anilines is 1. The fraction of sp³-hybridized carbons (Fsp3) is 0.300. The predicted molar refractivity (Wildman–Crippen MR) is 94.6 cm³/mol. The zero-order valence-corrected chi connectivity index (χ0v) is 14.1. The summed E-state index contributed by atoms with van der Waals surface area (Å²) in [5.41, 5.74) is 3.18. The summed E-state index contributed by atoms with van der Waals surface area (Å²) >= 11 is 0. The molecule has 0 N–H and O–H groups in total. The fourth-order valence-electron chi connectivity index (χ4n) is 3.68. The second-order valence-electron chi connectivity index (χ2n) is 6.49. The molecule has 0 saturated heterocycles. The minimum atomic E-state index is -0.188. The average molecular weight is 336 g/mol. The first-order valence-corrected chi connectivity index (χ1v) is 8.51. The molecule has 0 aromatic heterocycles. The molecular weight excluding hydrogens is 316 g/mol. The van der Waals surface area contributed by atoms with Crippen molar-refractivity contribution in [1.82, 2.24) is 4.90 Å². The van der Waals surface area contributed by atoms with Gasteiger partial charge in [0, 0.05) is 7.05 Å². The lowest BCUT2D eigenvalue weighted by atomic mass is 10.1. The van der Waals surface area contributed by atoms with E-state index in [1.54, 1.807) is 4.90 Å². The number of hydrogen-bond acceptors (Lipinski definition) is 3. The quantitative estimate of drug-likeness (QED) is 0.865. The Hall–Kier alpha value is -2.82. The van der Waals surface area contributed by atoms with Crippen molar-refractivity contribution in [2.45, 2.75) is 18.9 Å². The lowest BCUT2D eigenvalue weighted by Crippen LogP contribution is -2.46. The van der Waals surface area contributed by atoms with Gasteiger partial charge in [-0.2, -0.15) is 0 Å². The van der Waals surface area contributed by atoms with Crippen LogP contribution in [0, 0.1) is 0 Å². The van der Waals surface area contributed by atoms with Gasteiger partial charge in [0.15, 0.2) is 6.61 Å². The van der Waals surface area contributed by atoms with Crippen LogP contribution >= 0.6 is 0 Å². The lowest BCUT2D eigenvalue weighted by molar-refractivity contribution is -0.132. The van der Waals surface area contributed by atoms with Gasteiger partial charge in [0.25, 0.3) is 5.91 Å². The van der Waals surface area contributed by atoms with E-state index in [1.165, 1.54) is 16.0 Å². The topological polar surface area (TPSA) is 49.9 Å². The first-order valence-electron chi connectivity index (χ1n) is 8.51. The molecule has 2 aromatic carbocycles. The van der Waals surface area contributed by atoms with E-state index >= 15 is 0 Å². The number of nitrogens with zero attached hydrogens (tertiary/aromatic N) is 2. The van der Waals surface area contributed by atoms with Gasteiger partial charge in [0.1, 0.15) is 12.3 Å². The van der Waals surface area contributed by atoms with Crippen molar-refractivity contribution in [3.63, 3.8) is 0 Å². The molecule has 0 saturated carbocycles. The molecule has 1 heterocycles. The standard InChI is InChI=1S/C20H20N2O3/c1-21(16-11-10-14-6-2-3-7-15(14)16)19(23)12-22-17-8-4-5-9-18(17)25-13-20(22)24/h2-9,16H,10-13H2,1H3/t16-/m1/s1. The second kappa shape index (κ2) is 6.24. The molecule has 1 aliphatic heterocycles. The van der Waals surface area contributed by atoms with Crippen molar-refractivity contribution in [1.29, 1.82) is 0 Å². The maximum atomic E-state index is 12.9. The summed E-state index contributed by atoms with van der Waals surface area (Å²) in [5, 5.41) is 0. The Balaban J connectivity index is 1.54. The van der Waals surface area contributed by atoms with Crippen LogP contribution in [-0.2, 0) is 16.0 Å². The van der Waals surface area contributed by atoms with Crippen LogP contribution in [0.3, 0.4) is 0 Å². The van der Waals surface area contributed by atoms with E-state index in [0.29, 0.717) is 11.4 Å².